The number of carbonyl (C=O) groups is 1. The van der Waals surface area contributed by atoms with Crippen molar-refractivity contribution in [2.45, 2.75) is 19.0 Å². The second kappa shape index (κ2) is 9.97. The van der Waals surface area contributed by atoms with Crippen LogP contribution in [-0.4, -0.2) is 31.4 Å². The van der Waals surface area contributed by atoms with Crippen LogP contribution in [0.3, 0.4) is 0 Å². The molecule has 0 bridgehead atoms. The maximum Gasteiger partial charge on any atom is 0.234 e. The minimum absolute atomic E-state index is 0.135. The van der Waals surface area contributed by atoms with Gasteiger partial charge in [0.1, 0.15) is 0 Å². The molecule has 0 aliphatic rings. The second-order valence-electron chi connectivity index (χ2n) is 7.15. The number of rotatable bonds is 6. The fraction of sp³-hybridized carbons (Fsp3) is 0.130. The van der Waals surface area contributed by atoms with E-state index in [4.69, 9.17) is 0 Å². The van der Waals surface area contributed by atoms with Crippen molar-refractivity contribution in [3.63, 3.8) is 0 Å². The highest BCUT2D eigenvalue weighted by molar-refractivity contribution is 9.11. The first kappa shape index (κ1) is 22.7. The van der Waals surface area contributed by atoms with Crippen LogP contribution < -0.4 is 5.32 Å². The van der Waals surface area contributed by atoms with Gasteiger partial charge in [-0.15, -0.1) is 10.2 Å². The van der Waals surface area contributed by atoms with Crippen molar-refractivity contribution in [2.75, 3.05) is 11.1 Å². The standard InChI is InChI=1S/C23H19Br2N5OS/c1-14-3-5-17(6-4-14)30-22(16-7-9-26-10-8-16)28-29-23(30)32-13-20(31)27-21-18(24)11-15(2)12-19(21)25/h3-12H,13H2,1-2H3,(H,27,31). The van der Waals surface area contributed by atoms with Crippen molar-refractivity contribution >= 4 is 55.2 Å². The topological polar surface area (TPSA) is 72.7 Å². The zero-order valence-electron chi connectivity index (χ0n) is 17.3. The van der Waals surface area contributed by atoms with Gasteiger partial charge >= 0.3 is 0 Å². The molecule has 0 spiro atoms. The van der Waals surface area contributed by atoms with E-state index in [1.807, 2.05) is 66.9 Å². The largest absolute Gasteiger partial charge is 0.323 e. The molecule has 4 rings (SSSR count). The van der Waals surface area contributed by atoms with E-state index in [-0.39, 0.29) is 11.7 Å². The number of hydrogen-bond acceptors (Lipinski definition) is 5. The van der Waals surface area contributed by atoms with Crippen LogP contribution in [0.15, 0.2) is 75.0 Å². The van der Waals surface area contributed by atoms with E-state index in [2.05, 4.69) is 52.4 Å². The lowest BCUT2D eigenvalue weighted by Gasteiger charge is -2.12. The molecule has 1 N–H and O–H groups in total. The number of amides is 1. The molecule has 2 heterocycles. The van der Waals surface area contributed by atoms with Crippen molar-refractivity contribution in [2.24, 2.45) is 0 Å². The molecule has 0 aliphatic heterocycles. The first-order valence-corrected chi connectivity index (χ1v) is 12.3. The number of hydrogen-bond donors (Lipinski definition) is 1. The Morgan fingerprint density at radius 3 is 2.28 bits per heavy atom. The molecule has 6 nitrogen and oxygen atoms in total. The van der Waals surface area contributed by atoms with E-state index < -0.39 is 0 Å². The number of aryl methyl sites for hydroxylation is 2. The Morgan fingerprint density at radius 1 is 0.969 bits per heavy atom. The van der Waals surface area contributed by atoms with Crippen molar-refractivity contribution in [3.05, 3.63) is 81.0 Å². The third kappa shape index (κ3) is 5.11. The van der Waals surface area contributed by atoms with E-state index in [9.17, 15) is 4.79 Å². The van der Waals surface area contributed by atoms with Crippen molar-refractivity contribution in [1.82, 2.24) is 19.7 Å². The average Bonchev–Trinajstić information content (AvgIpc) is 3.20. The Morgan fingerprint density at radius 2 is 1.62 bits per heavy atom. The van der Waals surface area contributed by atoms with Crippen LogP contribution in [0.25, 0.3) is 17.1 Å². The summed E-state index contributed by atoms with van der Waals surface area (Å²) in [5, 5.41) is 12.4. The number of anilines is 1. The maximum atomic E-state index is 12.7. The summed E-state index contributed by atoms with van der Waals surface area (Å²) in [6, 6.07) is 15.8. The second-order valence-corrected chi connectivity index (χ2v) is 9.80. The summed E-state index contributed by atoms with van der Waals surface area (Å²) < 4.78 is 3.61. The van der Waals surface area contributed by atoms with Gasteiger partial charge in [-0.3, -0.25) is 14.3 Å². The molecule has 0 atom stereocenters. The van der Waals surface area contributed by atoms with E-state index in [1.165, 1.54) is 11.8 Å². The quantitative estimate of drug-likeness (QED) is 0.278. The van der Waals surface area contributed by atoms with Gasteiger partial charge in [0.25, 0.3) is 0 Å². The zero-order valence-corrected chi connectivity index (χ0v) is 21.3. The first-order valence-electron chi connectivity index (χ1n) is 9.73. The normalized spacial score (nSPS) is 10.9. The van der Waals surface area contributed by atoms with Gasteiger partial charge in [-0.05, 0) is 87.7 Å². The highest BCUT2D eigenvalue weighted by Gasteiger charge is 2.18. The van der Waals surface area contributed by atoms with Gasteiger partial charge in [0.05, 0.1) is 11.4 Å². The molecule has 0 radical (unpaired) electrons. The summed E-state index contributed by atoms with van der Waals surface area (Å²) in [5.41, 5.74) is 4.79. The molecule has 9 heteroatoms. The smallest absolute Gasteiger partial charge is 0.234 e. The predicted octanol–water partition coefficient (Wildman–Crippen LogP) is 6.20. The number of nitrogens with one attached hydrogen (secondary N) is 1. The van der Waals surface area contributed by atoms with Gasteiger partial charge in [0.2, 0.25) is 5.91 Å². The van der Waals surface area contributed by atoms with Crippen molar-refractivity contribution < 1.29 is 4.79 Å². The highest BCUT2D eigenvalue weighted by atomic mass is 79.9. The maximum absolute atomic E-state index is 12.7. The molecule has 162 valence electrons. The lowest BCUT2D eigenvalue weighted by Crippen LogP contribution is -2.15. The molecule has 0 aliphatic carbocycles. The molecular formula is C23H19Br2N5OS. The van der Waals surface area contributed by atoms with Crippen LogP contribution in [0.1, 0.15) is 11.1 Å². The molecule has 4 aromatic rings. The average molecular weight is 573 g/mol. The Labute approximate surface area is 207 Å². The van der Waals surface area contributed by atoms with Gasteiger partial charge in [-0.25, -0.2) is 0 Å². The van der Waals surface area contributed by atoms with Crippen LogP contribution in [0.5, 0.6) is 0 Å². The van der Waals surface area contributed by atoms with Gasteiger partial charge in [0, 0.05) is 32.6 Å². The fourth-order valence-electron chi connectivity index (χ4n) is 3.10. The first-order chi connectivity index (χ1) is 15.4. The summed E-state index contributed by atoms with van der Waals surface area (Å²) in [5.74, 6) is 0.750. The van der Waals surface area contributed by atoms with E-state index >= 15 is 0 Å². The van der Waals surface area contributed by atoms with Gasteiger partial charge < -0.3 is 5.32 Å². The number of carbonyl (C=O) groups excluding carboxylic acids is 1. The molecule has 32 heavy (non-hydrogen) atoms. The molecule has 1 amide bonds. The van der Waals surface area contributed by atoms with Crippen molar-refractivity contribution in [3.8, 4) is 17.1 Å². The third-order valence-electron chi connectivity index (χ3n) is 4.65. The molecule has 2 aromatic heterocycles. The Kier molecular flexibility index (Phi) is 7.07. The van der Waals surface area contributed by atoms with E-state index in [1.54, 1.807) is 12.4 Å². The number of benzene rings is 2. The van der Waals surface area contributed by atoms with Crippen LogP contribution in [0.2, 0.25) is 0 Å². The third-order valence-corrected chi connectivity index (χ3v) is 6.83. The van der Waals surface area contributed by atoms with Crippen LogP contribution in [-0.2, 0) is 4.79 Å². The Balaban J connectivity index is 1.59. The molecule has 2 aromatic carbocycles. The van der Waals surface area contributed by atoms with Crippen LogP contribution >= 0.6 is 43.6 Å². The lowest BCUT2D eigenvalue weighted by molar-refractivity contribution is -0.113. The Bertz CT molecular complexity index is 1240. The van der Waals surface area contributed by atoms with E-state index in [0.29, 0.717) is 16.7 Å². The minimum Gasteiger partial charge on any atom is -0.323 e. The lowest BCUT2D eigenvalue weighted by atomic mass is 10.2. The number of aromatic nitrogens is 4. The number of thioether (sulfide) groups is 1. The summed E-state index contributed by atoms with van der Waals surface area (Å²) in [6.45, 7) is 4.04. The van der Waals surface area contributed by atoms with Crippen LogP contribution in [0, 0.1) is 13.8 Å². The fourth-order valence-corrected chi connectivity index (χ4v) is 5.47. The van der Waals surface area contributed by atoms with Gasteiger partial charge in [0.15, 0.2) is 11.0 Å². The van der Waals surface area contributed by atoms with Crippen molar-refractivity contribution in [1.29, 1.82) is 0 Å². The number of halogens is 2. The molecular weight excluding hydrogens is 554 g/mol. The van der Waals surface area contributed by atoms with Gasteiger partial charge in [-0.1, -0.05) is 29.5 Å². The Hall–Kier alpha value is -2.49. The summed E-state index contributed by atoms with van der Waals surface area (Å²) in [7, 11) is 0. The predicted molar refractivity (Wildman–Crippen MR) is 135 cm³/mol. The molecule has 0 saturated carbocycles. The number of nitrogens with zero attached hydrogens (tertiary/aromatic N) is 4. The SMILES string of the molecule is Cc1ccc(-n2c(SCC(=O)Nc3c(Br)cc(C)cc3Br)nnc2-c2ccncc2)cc1. The summed E-state index contributed by atoms with van der Waals surface area (Å²) in [4.78, 5) is 16.8. The number of pyridine rings is 1. The highest BCUT2D eigenvalue weighted by Crippen LogP contribution is 2.33. The molecule has 0 saturated heterocycles. The minimum atomic E-state index is -0.135. The summed E-state index contributed by atoms with van der Waals surface area (Å²) >= 11 is 8.37. The molecule has 0 fully saturated rings. The van der Waals surface area contributed by atoms with Crippen LogP contribution in [0.4, 0.5) is 5.69 Å². The van der Waals surface area contributed by atoms with E-state index in [0.717, 1.165) is 31.3 Å². The monoisotopic (exact) mass is 571 g/mol. The van der Waals surface area contributed by atoms with Gasteiger partial charge in [-0.2, -0.15) is 0 Å². The summed E-state index contributed by atoms with van der Waals surface area (Å²) in [6.07, 6.45) is 3.45. The zero-order chi connectivity index (χ0) is 22.7. The molecule has 0 unspecified atom stereocenters.